The molecule has 7 nitrogen and oxygen atoms in total. The van der Waals surface area contributed by atoms with Gasteiger partial charge in [0.25, 0.3) is 0 Å². The van der Waals surface area contributed by atoms with Crippen LogP contribution in [-0.2, 0) is 22.7 Å². The number of aromatic nitrogens is 3. The summed E-state index contributed by atoms with van der Waals surface area (Å²) < 4.78 is 13.4. The number of rotatable bonds is 15. The van der Waals surface area contributed by atoms with Gasteiger partial charge in [-0.05, 0) is 25.0 Å². The van der Waals surface area contributed by atoms with Crippen molar-refractivity contribution in [3.8, 4) is 16.9 Å². The van der Waals surface area contributed by atoms with Crippen molar-refractivity contribution in [2.45, 2.75) is 63.9 Å². The maximum Gasteiger partial charge on any atom is 0.230 e. The van der Waals surface area contributed by atoms with E-state index >= 15 is 0 Å². The fourth-order valence-electron chi connectivity index (χ4n) is 3.75. The third-order valence-electron chi connectivity index (χ3n) is 5.62. The lowest BCUT2D eigenvalue weighted by atomic mass is 10.1. The maximum atomic E-state index is 12.4. The minimum atomic E-state index is 0.00915. The summed E-state index contributed by atoms with van der Waals surface area (Å²) >= 11 is 1.38. The number of ether oxygens (including phenoxy) is 2. The molecule has 0 fully saturated rings. The topological polar surface area (TPSA) is 78.3 Å². The van der Waals surface area contributed by atoms with Gasteiger partial charge in [-0.25, -0.2) is 0 Å². The summed E-state index contributed by atoms with van der Waals surface area (Å²) in [7, 11) is 1.66. The van der Waals surface area contributed by atoms with Crippen LogP contribution in [0.1, 0.15) is 45.4 Å². The Bertz CT molecular complexity index is 1040. The van der Waals surface area contributed by atoms with Gasteiger partial charge in [-0.15, -0.1) is 10.2 Å². The minimum Gasteiger partial charge on any atom is -0.485 e. The van der Waals surface area contributed by atoms with E-state index in [4.69, 9.17) is 9.47 Å². The molecule has 1 aromatic heterocycles. The van der Waals surface area contributed by atoms with Crippen LogP contribution in [0.3, 0.4) is 0 Å². The van der Waals surface area contributed by atoms with Gasteiger partial charge in [-0.3, -0.25) is 4.79 Å². The zero-order valence-corrected chi connectivity index (χ0v) is 21.7. The number of nitrogens with one attached hydrogen (secondary N) is 1. The average molecular weight is 497 g/mol. The highest BCUT2D eigenvalue weighted by atomic mass is 32.2. The van der Waals surface area contributed by atoms with Gasteiger partial charge in [-0.1, -0.05) is 86.5 Å². The smallest absolute Gasteiger partial charge is 0.230 e. The Morgan fingerprint density at radius 1 is 1.09 bits per heavy atom. The number of para-hydroxylation sites is 1. The Kier molecular flexibility index (Phi) is 11.1. The number of methoxy groups -OCH3 is 1. The molecule has 2 aromatic carbocycles. The molecule has 3 aromatic rings. The standard InChI is InChI=1S/C27H36N4O3S/c1-4-5-7-12-21(2)28-26(32)20-35-27-30-29-25(31(27)17-18-33-3)19-34-24-16-11-10-15-23(24)22-13-8-6-9-14-22/h6,8-11,13-16,21H,4-5,7,12,17-20H2,1-3H3,(H,28,32). The van der Waals surface area contributed by atoms with Crippen LogP contribution < -0.4 is 10.1 Å². The first kappa shape index (κ1) is 26.8. The van der Waals surface area contributed by atoms with Gasteiger partial charge in [-0.2, -0.15) is 0 Å². The highest BCUT2D eigenvalue weighted by Gasteiger charge is 2.16. The van der Waals surface area contributed by atoms with Crippen LogP contribution in [0.15, 0.2) is 59.8 Å². The Morgan fingerprint density at radius 3 is 2.63 bits per heavy atom. The van der Waals surface area contributed by atoms with Crippen molar-refractivity contribution in [1.82, 2.24) is 20.1 Å². The summed E-state index contributed by atoms with van der Waals surface area (Å²) in [6.45, 7) is 5.60. The molecule has 0 bridgehead atoms. The molecule has 1 unspecified atom stereocenters. The molecule has 1 amide bonds. The van der Waals surface area contributed by atoms with Crippen molar-refractivity contribution in [3.63, 3.8) is 0 Å². The van der Waals surface area contributed by atoms with E-state index in [9.17, 15) is 4.79 Å². The number of nitrogens with zero attached hydrogens (tertiary/aromatic N) is 3. The van der Waals surface area contributed by atoms with E-state index in [2.05, 4.69) is 41.5 Å². The third kappa shape index (κ3) is 8.40. The van der Waals surface area contributed by atoms with Crippen molar-refractivity contribution < 1.29 is 14.3 Å². The van der Waals surface area contributed by atoms with Gasteiger partial charge < -0.3 is 19.4 Å². The van der Waals surface area contributed by atoms with Crippen LogP contribution in [0.5, 0.6) is 5.75 Å². The van der Waals surface area contributed by atoms with Gasteiger partial charge in [0, 0.05) is 25.3 Å². The number of amides is 1. The first-order valence-corrected chi connectivity index (χ1v) is 13.2. The molecule has 0 saturated carbocycles. The first-order valence-electron chi connectivity index (χ1n) is 12.2. The largest absolute Gasteiger partial charge is 0.485 e. The van der Waals surface area contributed by atoms with Crippen LogP contribution in [0.25, 0.3) is 11.1 Å². The summed E-state index contributed by atoms with van der Waals surface area (Å²) in [6.07, 6.45) is 4.50. The lowest BCUT2D eigenvalue weighted by Crippen LogP contribution is -2.33. The molecule has 0 aliphatic rings. The van der Waals surface area contributed by atoms with Crippen molar-refractivity contribution in [2.75, 3.05) is 19.5 Å². The number of hydrogen-bond acceptors (Lipinski definition) is 6. The molecule has 8 heteroatoms. The van der Waals surface area contributed by atoms with E-state index in [1.54, 1.807) is 7.11 Å². The van der Waals surface area contributed by atoms with Gasteiger partial charge >= 0.3 is 0 Å². The molecule has 1 atom stereocenters. The van der Waals surface area contributed by atoms with Gasteiger partial charge in [0.05, 0.1) is 12.4 Å². The van der Waals surface area contributed by atoms with Crippen LogP contribution in [0.4, 0.5) is 0 Å². The first-order chi connectivity index (χ1) is 17.1. The second kappa shape index (κ2) is 14.5. The summed E-state index contributed by atoms with van der Waals surface area (Å²) in [6, 6.07) is 18.3. The summed E-state index contributed by atoms with van der Waals surface area (Å²) in [5, 5.41) is 12.5. The zero-order valence-electron chi connectivity index (χ0n) is 20.9. The molecule has 1 N–H and O–H groups in total. The van der Waals surface area contributed by atoms with E-state index in [1.807, 2.05) is 47.0 Å². The fraction of sp³-hybridized carbons (Fsp3) is 0.444. The Morgan fingerprint density at radius 2 is 1.86 bits per heavy atom. The van der Waals surface area contributed by atoms with Crippen molar-refractivity contribution in [3.05, 3.63) is 60.4 Å². The Hall–Kier alpha value is -2.84. The third-order valence-corrected chi connectivity index (χ3v) is 6.59. The fourth-order valence-corrected chi connectivity index (χ4v) is 4.54. The number of hydrogen-bond donors (Lipinski definition) is 1. The lowest BCUT2D eigenvalue weighted by Gasteiger charge is -2.14. The van der Waals surface area contributed by atoms with Crippen LogP contribution in [0.2, 0.25) is 0 Å². The second-order valence-electron chi connectivity index (χ2n) is 8.45. The minimum absolute atomic E-state index is 0.00915. The molecular weight excluding hydrogens is 460 g/mol. The zero-order chi connectivity index (χ0) is 24.9. The maximum absolute atomic E-state index is 12.4. The van der Waals surface area contributed by atoms with Gasteiger partial charge in [0.2, 0.25) is 5.91 Å². The van der Waals surface area contributed by atoms with Gasteiger partial charge in [0.15, 0.2) is 11.0 Å². The van der Waals surface area contributed by atoms with Crippen molar-refractivity contribution in [1.29, 1.82) is 0 Å². The van der Waals surface area contributed by atoms with Crippen LogP contribution in [0, 0.1) is 0 Å². The molecule has 0 aliphatic carbocycles. The number of thioether (sulfide) groups is 1. The van der Waals surface area contributed by atoms with E-state index in [-0.39, 0.29) is 18.6 Å². The predicted molar refractivity (Wildman–Crippen MR) is 141 cm³/mol. The monoisotopic (exact) mass is 496 g/mol. The van der Waals surface area contributed by atoms with E-state index in [1.165, 1.54) is 24.6 Å². The molecular formula is C27H36N4O3S. The second-order valence-corrected chi connectivity index (χ2v) is 9.39. The molecule has 1 heterocycles. The molecule has 3 rings (SSSR count). The SMILES string of the molecule is CCCCCC(C)NC(=O)CSc1nnc(COc2ccccc2-c2ccccc2)n1CCOC. The Labute approximate surface area is 212 Å². The summed E-state index contributed by atoms with van der Waals surface area (Å²) in [5.74, 6) is 1.78. The highest BCUT2D eigenvalue weighted by molar-refractivity contribution is 7.99. The van der Waals surface area contributed by atoms with Crippen LogP contribution >= 0.6 is 11.8 Å². The van der Waals surface area contributed by atoms with E-state index in [0.717, 1.165) is 29.7 Å². The normalized spacial score (nSPS) is 11.9. The van der Waals surface area contributed by atoms with E-state index < -0.39 is 0 Å². The molecule has 0 radical (unpaired) electrons. The number of carbonyl (C=O) groups is 1. The number of benzene rings is 2. The van der Waals surface area contributed by atoms with E-state index in [0.29, 0.717) is 29.9 Å². The number of unbranched alkanes of at least 4 members (excludes halogenated alkanes) is 2. The molecule has 0 saturated heterocycles. The lowest BCUT2D eigenvalue weighted by molar-refractivity contribution is -0.119. The Balaban J connectivity index is 1.63. The van der Waals surface area contributed by atoms with Crippen LogP contribution in [-0.4, -0.2) is 46.2 Å². The predicted octanol–water partition coefficient (Wildman–Crippen LogP) is 5.35. The molecule has 0 spiro atoms. The van der Waals surface area contributed by atoms with Gasteiger partial charge in [0.1, 0.15) is 12.4 Å². The summed E-state index contributed by atoms with van der Waals surface area (Å²) in [5.41, 5.74) is 2.12. The summed E-state index contributed by atoms with van der Waals surface area (Å²) in [4.78, 5) is 12.4. The molecule has 188 valence electrons. The van der Waals surface area contributed by atoms with Crippen molar-refractivity contribution in [2.24, 2.45) is 0 Å². The molecule has 35 heavy (non-hydrogen) atoms. The average Bonchev–Trinajstić information content (AvgIpc) is 3.27. The number of carbonyl (C=O) groups excluding carboxylic acids is 1. The molecule has 0 aliphatic heterocycles. The highest BCUT2D eigenvalue weighted by Crippen LogP contribution is 2.30. The van der Waals surface area contributed by atoms with Crippen molar-refractivity contribution >= 4 is 17.7 Å². The quantitative estimate of drug-likeness (QED) is 0.226.